The van der Waals surface area contributed by atoms with Gasteiger partial charge in [-0.15, -0.1) is 11.3 Å². The van der Waals surface area contributed by atoms with Crippen molar-refractivity contribution in [2.75, 3.05) is 7.11 Å². The zero-order valence-corrected chi connectivity index (χ0v) is 17.3. The molecule has 6 nitrogen and oxygen atoms in total. The number of pyridine rings is 1. The van der Waals surface area contributed by atoms with Crippen LogP contribution in [0.4, 0.5) is 0 Å². The molecule has 4 aromatic rings. The van der Waals surface area contributed by atoms with Crippen LogP contribution < -0.4 is 4.74 Å². The Balaban J connectivity index is 1.87. The molecule has 0 saturated carbocycles. The van der Waals surface area contributed by atoms with Gasteiger partial charge in [0, 0.05) is 41.8 Å². The fourth-order valence-corrected chi connectivity index (χ4v) is 4.19. The van der Waals surface area contributed by atoms with Crippen LogP contribution in [-0.2, 0) is 11.2 Å². The first kappa shape index (κ1) is 19.3. The van der Waals surface area contributed by atoms with Gasteiger partial charge in [-0.05, 0) is 37.3 Å². The van der Waals surface area contributed by atoms with Crippen LogP contribution in [0.1, 0.15) is 12.6 Å². The third kappa shape index (κ3) is 4.06. The van der Waals surface area contributed by atoms with Crippen molar-refractivity contribution in [3.8, 4) is 38.3 Å². The van der Waals surface area contributed by atoms with Gasteiger partial charge in [0.05, 0.1) is 22.7 Å². The molecule has 0 amide bonds. The zero-order valence-electron chi connectivity index (χ0n) is 15.8. The minimum Gasteiger partial charge on any atom is -0.497 e. The standard InChI is InChI=1S/C21H17ClN4O2S/c1-12(27)9-14-10-13(5-6-23-14)21-26-18(19(29-21)20-24-7-8-25-20)16-11-15(28-2)3-4-17(16)22/h3-8,10-11H,9H2,1-2H3,(H,24,25). The molecule has 146 valence electrons. The molecule has 0 radical (unpaired) electrons. The lowest BCUT2D eigenvalue weighted by molar-refractivity contribution is -0.116. The quantitative estimate of drug-likeness (QED) is 0.468. The predicted octanol–water partition coefficient (Wildman–Crippen LogP) is 5.06. The highest BCUT2D eigenvalue weighted by atomic mass is 35.5. The van der Waals surface area contributed by atoms with E-state index in [4.69, 9.17) is 21.3 Å². The van der Waals surface area contributed by atoms with Crippen LogP contribution >= 0.6 is 22.9 Å². The average Bonchev–Trinajstić information content (AvgIpc) is 3.38. The molecule has 0 fully saturated rings. The van der Waals surface area contributed by atoms with Crippen LogP contribution in [0.5, 0.6) is 5.75 Å². The first-order valence-electron chi connectivity index (χ1n) is 8.84. The number of ether oxygens (including phenoxy) is 1. The molecule has 4 rings (SSSR count). The van der Waals surface area contributed by atoms with Crippen molar-refractivity contribution in [1.82, 2.24) is 19.9 Å². The normalized spacial score (nSPS) is 10.9. The fourth-order valence-electron chi connectivity index (χ4n) is 2.95. The summed E-state index contributed by atoms with van der Waals surface area (Å²) in [6.45, 7) is 1.55. The molecule has 0 bridgehead atoms. The molecule has 1 aromatic carbocycles. The first-order valence-corrected chi connectivity index (χ1v) is 10.0. The summed E-state index contributed by atoms with van der Waals surface area (Å²) in [5, 5.41) is 1.36. The van der Waals surface area contributed by atoms with E-state index in [1.54, 1.807) is 38.7 Å². The Hall–Kier alpha value is -3.03. The smallest absolute Gasteiger partial charge is 0.149 e. The van der Waals surface area contributed by atoms with Gasteiger partial charge >= 0.3 is 0 Å². The number of halogens is 1. The number of thiazole rings is 1. The molecular formula is C21H17ClN4O2S. The molecular weight excluding hydrogens is 408 g/mol. The summed E-state index contributed by atoms with van der Waals surface area (Å²) in [5.74, 6) is 1.46. The average molecular weight is 425 g/mol. The Morgan fingerprint density at radius 1 is 1.21 bits per heavy atom. The number of nitrogens with zero attached hydrogens (tertiary/aromatic N) is 3. The van der Waals surface area contributed by atoms with Crippen LogP contribution in [0.25, 0.3) is 32.5 Å². The van der Waals surface area contributed by atoms with Gasteiger partial charge in [-0.25, -0.2) is 9.97 Å². The molecule has 0 aliphatic rings. The highest BCUT2D eigenvalue weighted by Crippen LogP contribution is 2.42. The Morgan fingerprint density at radius 3 is 2.79 bits per heavy atom. The number of Topliss-reactive ketones (excluding diaryl/α,β-unsaturated/α-hetero) is 1. The maximum atomic E-state index is 11.5. The first-order chi connectivity index (χ1) is 14.0. The van der Waals surface area contributed by atoms with Gasteiger partial charge in [0.1, 0.15) is 22.4 Å². The molecule has 0 aliphatic heterocycles. The molecule has 0 unspecified atom stereocenters. The SMILES string of the molecule is COc1ccc(Cl)c(-c2nc(-c3ccnc(CC(C)=O)c3)sc2-c2ncc[nH]2)c1. The zero-order chi connectivity index (χ0) is 20.4. The van der Waals surface area contributed by atoms with Crippen LogP contribution in [-0.4, -0.2) is 32.8 Å². The number of carbonyl (C=O) groups excluding carboxylic acids is 1. The molecule has 0 spiro atoms. The third-order valence-corrected chi connectivity index (χ3v) is 5.70. The number of H-pyrrole nitrogens is 1. The van der Waals surface area contributed by atoms with E-state index in [1.165, 1.54) is 11.3 Å². The third-order valence-electron chi connectivity index (χ3n) is 4.26. The van der Waals surface area contributed by atoms with Crippen molar-refractivity contribution in [2.24, 2.45) is 0 Å². The topological polar surface area (TPSA) is 80.8 Å². The maximum absolute atomic E-state index is 11.5. The second-order valence-electron chi connectivity index (χ2n) is 6.39. The maximum Gasteiger partial charge on any atom is 0.149 e. The summed E-state index contributed by atoms with van der Waals surface area (Å²) < 4.78 is 5.36. The van der Waals surface area contributed by atoms with Crippen LogP contribution in [0.2, 0.25) is 5.02 Å². The molecule has 3 heterocycles. The van der Waals surface area contributed by atoms with E-state index in [2.05, 4.69) is 15.0 Å². The fraction of sp³-hybridized carbons (Fsp3) is 0.143. The van der Waals surface area contributed by atoms with Gasteiger partial charge in [0.25, 0.3) is 0 Å². The Bertz CT molecular complexity index is 1170. The Morgan fingerprint density at radius 2 is 2.07 bits per heavy atom. The number of rotatable bonds is 6. The van der Waals surface area contributed by atoms with Gasteiger partial charge < -0.3 is 9.72 Å². The molecule has 3 aromatic heterocycles. The van der Waals surface area contributed by atoms with Crippen LogP contribution in [0.3, 0.4) is 0 Å². The number of methoxy groups -OCH3 is 1. The van der Waals surface area contributed by atoms with Crippen molar-refractivity contribution < 1.29 is 9.53 Å². The summed E-state index contributed by atoms with van der Waals surface area (Å²) >= 11 is 7.99. The van der Waals surface area contributed by atoms with Crippen LogP contribution in [0, 0.1) is 0 Å². The molecule has 0 saturated heterocycles. The Kier molecular flexibility index (Phi) is 5.42. The van der Waals surface area contributed by atoms with Crippen LogP contribution in [0.15, 0.2) is 48.9 Å². The van der Waals surface area contributed by atoms with Gasteiger partial charge in [-0.3, -0.25) is 9.78 Å². The second kappa shape index (κ2) is 8.14. The van der Waals surface area contributed by atoms with E-state index in [0.29, 0.717) is 34.4 Å². The van der Waals surface area contributed by atoms with E-state index < -0.39 is 0 Å². The number of aromatic amines is 1. The minimum atomic E-state index is 0.0638. The number of nitrogens with one attached hydrogen (secondary N) is 1. The lowest BCUT2D eigenvalue weighted by atomic mass is 10.1. The predicted molar refractivity (Wildman–Crippen MR) is 114 cm³/mol. The molecule has 0 atom stereocenters. The lowest BCUT2D eigenvalue weighted by Crippen LogP contribution is -1.98. The summed E-state index contributed by atoms with van der Waals surface area (Å²) in [6, 6.07) is 9.23. The minimum absolute atomic E-state index is 0.0638. The van der Waals surface area contributed by atoms with Crippen molar-refractivity contribution in [3.05, 3.63) is 59.6 Å². The number of imidazole rings is 1. The van der Waals surface area contributed by atoms with E-state index >= 15 is 0 Å². The highest BCUT2D eigenvalue weighted by molar-refractivity contribution is 7.18. The van der Waals surface area contributed by atoms with Gasteiger partial charge in [-0.2, -0.15) is 0 Å². The Labute approximate surface area is 176 Å². The molecule has 29 heavy (non-hydrogen) atoms. The number of aromatic nitrogens is 4. The van der Waals surface area contributed by atoms with Crippen molar-refractivity contribution in [3.63, 3.8) is 0 Å². The monoisotopic (exact) mass is 424 g/mol. The number of hydrogen-bond donors (Lipinski definition) is 1. The lowest BCUT2D eigenvalue weighted by Gasteiger charge is -2.06. The highest BCUT2D eigenvalue weighted by Gasteiger charge is 2.20. The van der Waals surface area contributed by atoms with E-state index in [-0.39, 0.29) is 5.78 Å². The van der Waals surface area contributed by atoms with E-state index in [1.807, 2.05) is 24.3 Å². The van der Waals surface area contributed by atoms with Crippen molar-refractivity contribution >= 4 is 28.7 Å². The summed E-state index contributed by atoms with van der Waals surface area (Å²) in [4.78, 5) is 29.0. The summed E-state index contributed by atoms with van der Waals surface area (Å²) in [7, 11) is 1.61. The van der Waals surface area contributed by atoms with E-state index in [0.717, 1.165) is 21.0 Å². The number of carbonyl (C=O) groups is 1. The number of ketones is 1. The van der Waals surface area contributed by atoms with Gasteiger partial charge in [0.15, 0.2) is 0 Å². The summed E-state index contributed by atoms with van der Waals surface area (Å²) in [5.41, 5.74) is 3.08. The van der Waals surface area contributed by atoms with E-state index in [9.17, 15) is 4.79 Å². The molecule has 8 heteroatoms. The number of benzene rings is 1. The second-order valence-corrected chi connectivity index (χ2v) is 7.80. The number of hydrogen-bond acceptors (Lipinski definition) is 6. The van der Waals surface area contributed by atoms with Gasteiger partial charge in [0.2, 0.25) is 0 Å². The summed E-state index contributed by atoms with van der Waals surface area (Å²) in [6.07, 6.45) is 5.45. The molecule has 0 aliphatic carbocycles. The van der Waals surface area contributed by atoms with Crippen molar-refractivity contribution in [2.45, 2.75) is 13.3 Å². The molecule has 1 N–H and O–H groups in total. The van der Waals surface area contributed by atoms with Gasteiger partial charge in [-0.1, -0.05) is 11.6 Å². The largest absolute Gasteiger partial charge is 0.497 e. The van der Waals surface area contributed by atoms with Crippen molar-refractivity contribution in [1.29, 1.82) is 0 Å².